The molecule has 1 heterocycles. The van der Waals surface area contributed by atoms with E-state index < -0.39 is 5.82 Å². The van der Waals surface area contributed by atoms with Crippen molar-refractivity contribution in [1.82, 2.24) is 9.97 Å². The number of hydrogen-bond acceptors (Lipinski definition) is 2. The molecule has 0 aliphatic carbocycles. The largest absolute Gasteiger partial charge is 0.227 e. The summed E-state index contributed by atoms with van der Waals surface area (Å²) in [6.45, 7) is 0. The average Bonchev–Trinajstić information content (AvgIpc) is 2.43. The fraction of sp³-hybridized carbons (Fsp3) is 0. The van der Waals surface area contributed by atoms with Gasteiger partial charge in [-0.2, -0.15) is 0 Å². The van der Waals surface area contributed by atoms with Gasteiger partial charge in [0, 0.05) is 15.4 Å². The van der Waals surface area contributed by atoms with Crippen LogP contribution in [0.4, 0.5) is 4.39 Å². The second-order valence-electron chi connectivity index (χ2n) is 4.08. The van der Waals surface area contributed by atoms with Gasteiger partial charge in [-0.3, -0.25) is 0 Å². The normalized spacial score (nSPS) is 11.0. The molecule has 0 spiro atoms. The summed E-state index contributed by atoms with van der Waals surface area (Å²) in [7, 11) is 0. The second-order valence-corrected chi connectivity index (χ2v) is 5.67. The Morgan fingerprint density at radius 2 is 1.75 bits per heavy atom. The monoisotopic (exact) mass is 370 g/mol. The Hall–Kier alpha value is -1.23. The van der Waals surface area contributed by atoms with E-state index in [-0.39, 0.29) is 5.02 Å². The molecule has 3 rings (SSSR count). The van der Waals surface area contributed by atoms with Gasteiger partial charge < -0.3 is 0 Å². The fourth-order valence-corrected chi connectivity index (χ4v) is 2.77. The van der Waals surface area contributed by atoms with Gasteiger partial charge in [0.05, 0.1) is 10.5 Å². The van der Waals surface area contributed by atoms with Gasteiger partial charge in [-0.1, -0.05) is 35.3 Å². The van der Waals surface area contributed by atoms with Gasteiger partial charge in [-0.05, 0) is 40.2 Å². The summed E-state index contributed by atoms with van der Waals surface area (Å²) in [6, 6.07) is 10.0. The van der Waals surface area contributed by atoms with E-state index >= 15 is 0 Å². The number of para-hydroxylation sites is 1. The maximum absolute atomic E-state index is 13.5. The van der Waals surface area contributed by atoms with Crippen LogP contribution in [-0.2, 0) is 0 Å². The molecule has 20 heavy (non-hydrogen) atoms. The zero-order valence-electron chi connectivity index (χ0n) is 9.87. The summed E-state index contributed by atoms with van der Waals surface area (Å²) >= 11 is 15.5. The Balaban J connectivity index is 2.33. The van der Waals surface area contributed by atoms with Crippen LogP contribution in [-0.4, -0.2) is 9.97 Å². The molecule has 3 aromatic rings. The van der Waals surface area contributed by atoms with Gasteiger partial charge >= 0.3 is 0 Å². The van der Waals surface area contributed by atoms with E-state index in [0.29, 0.717) is 22.1 Å². The van der Waals surface area contributed by atoms with Crippen molar-refractivity contribution in [2.24, 2.45) is 0 Å². The van der Waals surface area contributed by atoms with Crippen LogP contribution >= 0.6 is 39.1 Å². The predicted octanol–water partition coefficient (Wildman–Crippen LogP) is 5.51. The Kier molecular flexibility index (Phi) is 3.63. The minimum Gasteiger partial charge on any atom is -0.227 e. The first-order valence-corrected chi connectivity index (χ1v) is 7.19. The summed E-state index contributed by atoms with van der Waals surface area (Å²) in [5.74, 6) is -0.227. The second kappa shape index (κ2) is 5.28. The van der Waals surface area contributed by atoms with Crippen LogP contribution in [0.15, 0.2) is 40.9 Å². The number of rotatable bonds is 1. The molecular formula is C14H6BrCl2FN2. The van der Waals surface area contributed by atoms with E-state index in [4.69, 9.17) is 23.2 Å². The topological polar surface area (TPSA) is 25.8 Å². The summed E-state index contributed by atoms with van der Waals surface area (Å²) in [4.78, 5) is 8.61. The van der Waals surface area contributed by atoms with Gasteiger partial charge in [0.1, 0.15) is 11.0 Å². The van der Waals surface area contributed by atoms with E-state index in [9.17, 15) is 4.39 Å². The van der Waals surface area contributed by atoms with Crippen LogP contribution in [0.5, 0.6) is 0 Å². The van der Waals surface area contributed by atoms with Crippen LogP contribution in [0, 0.1) is 5.82 Å². The molecule has 0 bridgehead atoms. The van der Waals surface area contributed by atoms with E-state index in [1.165, 1.54) is 6.07 Å². The molecule has 2 nitrogen and oxygen atoms in total. The first kappa shape index (κ1) is 13.7. The lowest BCUT2D eigenvalue weighted by molar-refractivity contribution is 0.628. The quantitative estimate of drug-likeness (QED) is 0.527. The minimum atomic E-state index is -0.517. The highest BCUT2D eigenvalue weighted by atomic mass is 79.9. The molecule has 0 radical (unpaired) electrons. The lowest BCUT2D eigenvalue weighted by Gasteiger charge is -2.07. The predicted molar refractivity (Wildman–Crippen MR) is 82.7 cm³/mol. The summed E-state index contributed by atoms with van der Waals surface area (Å²) < 4.78 is 14.3. The maximum atomic E-state index is 13.5. The molecule has 100 valence electrons. The first-order valence-electron chi connectivity index (χ1n) is 5.64. The van der Waals surface area contributed by atoms with Crippen LogP contribution in [0.3, 0.4) is 0 Å². The highest BCUT2D eigenvalue weighted by Crippen LogP contribution is 2.32. The molecule has 2 aromatic carbocycles. The van der Waals surface area contributed by atoms with Crippen LogP contribution in [0.25, 0.3) is 22.3 Å². The average molecular weight is 372 g/mol. The van der Waals surface area contributed by atoms with Gasteiger partial charge in [0.15, 0.2) is 5.82 Å². The Bertz CT molecular complexity index is 824. The third kappa shape index (κ3) is 2.28. The lowest BCUT2D eigenvalue weighted by atomic mass is 10.2. The van der Waals surface area contributed by atoms with Crippen LogP contribution in [0.2, 0.25) is 10.2 Å². The molecule has 0 aliphatic heterocycles. The molecule has 0 amide bonds. The standard InChI is InChI=1S/C14H6BrCl2FN2/c15-9-5-1-4-8-12(9)19-14(20-13(8)17)7-3-2-6-10(18)11(7)16/h1-6H. The Morgan fingerprint density at radius 1 is 1.00 bits per heavy atom. The number of hydrogen-bond donors (Lipinski definition) is 0. The van der Waals surface area contributed by atoms with Crippen molar-refractivity contribution in [1.29, 1.82) is 0 Å². The molecule has 0 atom stereocenters. The third-order valence-electron chi connectivity index (χ3n) is 2.82. The first-order chi connectivity index (χ1) is 9.58. The fourth-order valence-electron chi connectivity index (χ4n) is 1.88. The molecule has 0 saturated heterocycles. The maximum Gasteiger partial charge on any atom is 0.163 e. The van der Waals surface area contributed by atoms with Crippen molar-refractivity contribution in [2.45, 2.75) is 0 Å². The zero-order chi connectivity index (χ0) is 14.3. The van der Waals surface area contributed by atoms with Crippen molar-refractivity contribution in [3.8, 4) is 11.4 Å². The minimum absolute atomic E-state index is 0.0185. The molecule has 1 aromatic heterocycles. The Labute approximate surface area is 132 Å². The van der Waals surface area contributed by atoms with Gasteiger partial charge in [-0.15, -0.1) is 0 Å². The van der Waals surface area contributed by atoms with E-state index in [1.54, 1.807) is 12.1 Å². The highest BCUT2D eigenvalue weighted by Gasteiger charge is 2.14. The molecular weight excluding hydrogens is 366 g/mol. The smallest absolute Gasteiger partial charge is 0.163 e. The number of benzene rings is 2. The highest BCUT2D eigenvalue weighted by molar-refractivity contribution is 9.10. The number of aromatic nitrogens is 2. The molecule has 0 saturated carbocycles. The SMILES string of the molecule is Fc1cccc(-c2nc(Cl)c3cccc(Br)c3n2)c1Cl. The molecule has 0 unspecified atom stereocenters. The molecule has 6 heteroatoms. The molecule has 0 aliphatic rings. The number of fused-ring (bicyclic) bond motifs is 1. The van der Waals surface area contributed by atoms with Crippen molar-refractivity contribution in [3.63, 3.8) is 0 Å². The summed E-state index contributed by atoms with van der Waals surface area (Å²) in [6.07, 6.45) is 0. The van der Waals surface area contributed by atoms with E-state index in [1.807, 2.05) is 18.2 Å². The van der Waals surface area contributed by atoms with Gasteiger partial charge in [0.2, 0.25) is 0 Å². The van der Waals surface area contributed by atoms with Crippen molar-refractivity contribution < 1.29 is 4.39 Å². The molecule has 0 fully saturated rings. The zero-order valence-corrected chi connectivity index (χ0v) is 13.0. The van der Waals surface area contributed by atoms with Crippen LogP contribution < -0.4 is 0 Å². The molecule has 0 N–H and O–H groups in total. The number of nitrogens with zero attached hydrogens (tertiary/aromatic N) is 2. The summed E-state index contributed by atoms with van der Waals surface area (Å²) in [5.41, 5.74) is 1.06. The third-order valence-corrected chi connectivity index (χ3v) is 4.14. The Morgan fingerprint density at radius 3 is 2.55 bits per heavy atom. The van der Waals surface area contributed by atoms with Crippen molar-refractivity contribution >= 4 is 50.0 Å². The van der Waals surface area contributed by atoms with E-state index in [0.717, 1.165) is 9.86 Å². The van der Waals surface area contributed by atoms with Crippen molar-refractivity contribution in [3.05, 3.63) is 56.9 Å². The number of halogens is 4. The van der Waals surface area contributed by atoms with E-state index in [2.05, 4.69) is 25.9 Å². The summed E-state index contributed by atoms with van der Waals surface area (Å²) in [5, 5.41) is 0.999. The van der Waals surface area contributed by atoms with Gasteiger partial charge in [-0.25, -0.2) is 14.4 Å². The van der Waals surface area contributed by atoms with Crippen molar-refractivity contribution in [2.75, 3.05) is 0 Å². The van der Waals surface area contributed by atoms with Crippen LogP contribution in [0.1, 0.15) is 0 Å². The van der Waals surface area contributed by atoms with Gasteiger partial charge in [0.25, 0.3) is 0 Å². The lowest BCUT2D eigenvalue weighted by Crippen LogP contribution is -1.94.